The van der Waals surface area contributed by atoms with E-state index in [2.05, 4.69) is 11.9 Å². The fourth-order valence-electron chi connectivity index (χ4n) is 1.48. The molecule has 0 aromatic heterocycles. The van der Waals surface area contributed by atoms with E-state index in [0.717, 1.165) is 17.7 Å². The van der Waals surface area contributed by atoms with Crippen molar-refractivity contribution in [2.24, 2.45) is 5.41 Å². The molecule has 1 amide bonds. The fraction of sp³-hybridized carbons (Fsp3) is 0.471. The second-order valence-corrected chi connectivity index (χ2v) is 5.67. The van der Waals surface area contributed by atoms with E-state index in [4.69, 9.17) is 9.47 Å². The van der Waals surface area contributed by atoms with E-state index in [1.807, 2.05) is 45.0 Å². The predicted octanol–water partition coefficient (Wildman–Crippen LogP) is 3.63. The molecule has 0 spiro atoms. The molecule has 0 saturated carbocycles. The van der Waals surface area contributed by atoms with Gasteiger partial charge in [-0.05, 0) is 31.0 Å². The van der Waals surface area contributed by atoms with E-state index in [9.17, 15) is 4.79 Å². The molecule has 0 aliphatic rings. The lowest BCUT2D eigenvalue weighted by Gasteiger charge is -2.21. The Morgan fingerprint density at radius 3 is 2.43 bits per heavy atom. The van der Waals surface area contributed by atoms with Crippen molar-refractivity contribution in [2.75, 3.05) is 6.79 Å². The molecular formula is C17H25NO3. The van der Waals surface area contributed by atoms with Gasteiger partial charge in [0.1, 0.15) is 5.75 Å². The lowest BCUT2D eigenvalue weighted by molar-refractivity contribution is -0.129. The zero-order chi connectivity index (χ0) is 15.9. The normalized spacial score (nSPS) is 10.9. The van der Waals surface area contributed by atoms with Gasteiger partial charge in [0, 0.05) is 12.0 Å². The molecule has 1 aromatic rings. The monoisotopic (exact) mass is 291 g/mol. The summed E-state index contributed by atoms with van der Waals surface area (Å²) >= 11 is 0. The van der Waals surface area contributed by atoms with E-state index in [-0.39, 0.29) is 18.1 Å². The first-order valence-electron chi connectivity index (χ1n) is 7.13. The van der Waals surface area contributed by atoms with Crippen LogP contribution in [0.25, 0.3) is 0 Å². The number of carbonyl (C=O) groups is 1. The first-order valence-corrected chi connectivity index (χ1v) is 7.13. The van der Waals surface area contributed by atoms with Crippen LogP contribution in [0.3, 0.4) is 0 Å². The maximum absolute atomic E-state index is 12.0. The van der Waals surface area contributed by atoms with Gasteiger partial charge in [0.15, 0.2) is 0 Å². The molecule has 4 nitrogen and oxygen atoms in total. The number of benzene rings is 1. The Balaban J connectivity index is 2.44. The second kappa shape index (κ2) is 7.72. The Morgan fingerprint density at radius 1 is 1.29 bits per heavy atom. The quantitative estimate of drug-likeness (QED) is 0.588. The van der Waals surface area contributed by atoms with Crippen LogP contribution in [0.15, 0.2) is 36.6 Å². The van der Waals surface area contributed by atoms with Crippen LogP contribution in [0.4, 0.5) is 0 Å². The third-order valence-corrected chi connectivity index (χ3v) is 3.41. The van der Waals surface area contributed by atoms with Gasteiger partial charge in [0.25, 0.3) is 0 Å². The maximum Gasteiger partial charge on any atom is 0.230 e. The van der Waals surface area contributed by atoms with Crippen LogP contribution >= 0.6 is 0 Å². The van der Waals surface area contributed by atoms with Gasteiger partial charge in [-0.1, -0.05) is 39.5 Å². The number of amides is 1. The fourth-order valence-corrected chi connectivity index (χ4v) is 1.48. The zero-order valence-electron chi connectivity index (χ0n) is 13.4. The SMILES string of the molecule is C=C(C)OCOc1ccc(CNC(=O)C(C)(C)CC)cc1. The molecule has 116 valence electrons. The number of rotatable bonds is 8. The van der Waals surface area contributed by atoms with Crippen LogP contribution in [0, 0.1) is 5.41 Å². The molecule has 0 heterocycles. The molecule has 0 fully saturated rings. The molecule has 0 aliphatic heterocycles. The van der Waals surface area contributed by atoms with Crippen molar-refractivity contribution in [3.8, 4) is 5.75 Å². The molecular weight excluding hydrogens is 266 g/mol. The van der Waals surface area contributed by atoms with Crippen molar-refractivity contribution in [1.82, 2.24) is 5.32 Å². The van der Waals surface area contributed by atoms with Crippen LogP contribution in [0.5, 0.6) is 5.75 Å². The number of carbonyl (C=O) groups excluding carboxylic acids is 1. The van der Waals surface area contributed by atoms with Crippen molar-refractivity contribution in [3.63, 3.8) is 0 Å². The van der Waals surface area contributed by atoms with Crippen LogP contribution in [0.2, 0.25) is 0 Å². The molecule has 1 rings (SSSR count). The largest absolute Gasteiger partial charge is 0.463 e. The first kappa shape index (κ1) is 17.1. The average molecular weight is 291 g/mol. The lowest BCUT2D eigenvalue weighted by Crippen LogP contribution is -2.35. The molecule has 0 unspecified atom stereocenters. The summed E-state index contributed by atoms with van der Waals surface area (Å²) in [7, 11) is 0. The highest BCUT2D eigenvalue weighted by Crippen LogP contribution is 2.20. The highest BCUT2D eigenvalue weighted by atomic mass is 16.7. The molecule has 0 atom stereocenters. The third-order valence-electron chi connectivity index (χ3n) is 3.41. The van der Waals surface area contributed by atoms with Gasteiger partial charge in [-0.3, -0.25) is 4.79 Å². The molecule has 0 aliphatic carbocycles. The minimum atomic E-state index is -0.330. The molecule has 1 aromatic carbocycles. The highest BCUT2D eigenvalue weighted by molar-refractivity contribution is 5.81. The summed E-state index contributed by atoms with van der Waals surface area (Å²) in [4.78, 5) is 12.0. The predicted molar refractivity (Wildman–Crippen MR) is 83.8 cm³/mol. The Bertz CT molecular complexity index is 477. The van der Waals surface area contributed by atoms with Crippen molar-refractivity contribution >= 4 is 5.91 Å². The molecule has 21 heavy (non-hydrogen) atoms. The number of allylic oxidation sites excluding steroid dienone is 1. The van der Waals surface area contributed by atoms with Gasteiger partial charge in [-0.2, -0.15) is 0 Å². The van der Waals surface area contributed by atoms with Crippen molar-refractivity contribution in [1.29, 1.82) is 0 Å². The average Bonchev–Trinajstić information content (AvgIpc) is 2.45. The van der Waals surface area contributed by atoms with Gasteiger partial charge in [-0.25, -0.2) is 0 Å². The maximum atomic E-state index is 12.0. The van der Waals surface area contributed by atoms with E-state index in [0.29, 0.717) is 12.3 Å². The number of ether oxygens (including phenoxy) is 2. The van der Waals surface area contributed by atoms with Gasteiger partial charge in [0.2, 0.25) is 12.7 Å². The molecule has 1 N–H and O–H groups in total. The Hall–Kier alpha value is -1.97. The summed E-state index contributed by atoms with van der Waals surface area (Å²) in [6, 6.07) is 7.56. The minimum Gasteiger partial charge on any atom is -0.463 e. The minimum absolute atomic E-state index is 0.0696. The standard InChI is InChI=1S/C17H25NO3/c1-6-17(4,5)16(19)18-11-14-7-9-15(10-8-14)21-12-20-13(2)3/h7-10H,2,6,11-12H2,1,3-5H3,(H,18,19). The van der Waals surface area contributed by atoms with Crippen LogP contribution in [-0.2, 0) is 16.1 Å². The van der Waals surface area contributed by atoms with Gasteiger partial charge < -0.3 is 14.8 Å². The topological polar surface area (TPSA) is 47.6 Å². The summed E-state index contributed by atoms with van der Waals surface area (Å²) in [6.07, 6.45) is 0.814. The van der Waals surface area contributed by atoms with Crippen LogP contribution in [0.1, 0.15) is 39.7 Å². The summed E-state index contributed by atoms with van der Waals surface area (Å²) in [5, 5.41) is 2.95. The van der Waals surface area contributed by atoms with Crippen molar-refractivity contribution in [3.05, 3.63) is 42.2 Å². The Labute approximate surface area is 127 Å². The third kappa shape index (κ3) is 5.90. The summed E-state index contributed by atoms with van der Waals surface area (Å²) in [6.45, 7) is 12.0. The molecule has 0 saturated heterocycles. The zero-order valence-corrected chi connectivity index (χ0v) is 13.4. The summed E-state index contributed by atoms with van der Waals surface area (Å²) < 4.78 is 10.5. The van der Waals surface area contributed by atoms with Crippen LogP contribution in [-0.4, -0.2) is 12.7 Å². The Morgan fingerprint density at radius 2 is 1.90 bits per heavy atom. The van der Waals surface area contributed by atoms with E-state index >= 15 is 0 Å². The Kier molecular flexibility index (Phi) is 6.28. The lowest BCUT2D eigenvalue weighted by atomic mass is 9.89. The molecule has 0 bridgehead atoms. The smallest absolute Gasteiger partial charge is 0.230 e. The van der Waals surface area contributed by atoms with E-state index in [1.54, 1.807) is 6.92 Å². The highest BCUT2D eigenvalue weighted by Gasteiger charge is 2.24. The van der Waals surface area contributed by atoms with Gasteiger partial charge in [0.05, 0.1) is 5.76 Å². The van der Waals surface area contributed by atoms with Crippen molar-refractivity contribution in [2.45, 2.75) is 40.7 Å². The van der Waals surface area contributed by atoms with Gasteiger partial charge in [-0.15, -0.1) is 0 Å². The number of hydrogen-bond acceptors (Lipinski definition) is 3. The second-order valence-electron chi connectivity index (χ2n) is 5.67. The number of hydrogen-bond donors (Lipinski definition) is 1. The van der Waals surface area contributed by atoms with Crippen LogP contribution < -0.4 is 10.1 Å². The van der Waals surface area contributed by atoms with E-state index < -0.39 is 0 Å². The number of nitrogens with one attached hydrogen (secondary N) is 1. The summed E-state index contributed by atoms with van der Waals surface area (Å²) in [5.74, 6) is 1.41. The molecule has 0 radical (unpaired) electrons. The summed E-state index contributed by atoms with van der Waals surface area (Å²) in [5.41, 5.74) is 0.701. The van der Waals surface area contributed by atoms with Gasteiger partial charge >= 0.3 is 0 Å². The first-order chi connectivity index (χ1) is 9.85. The van der Waals surface area contributed by atoms with Crippen molar-refractivity contribution < 1.29 is 14.3 Å². The molecule has 4 heteroatoms. The van der Waals surface area contributed by atoms with E-state index in [1.165, 1.54) is 0 Å².